The van der Waals surface area contributed by atoms with Crippen molar-refractivity contribution in [2.24, 2.45) is 4.99 Å². The van der Waals surface area contributed by atoms with E-state index in [9.17, 15) is 0 Å². The minimum Gasteiger partial charge on any atom is -0.436 e. The van der Waals surface area contributed by atoms with Crippen LogP contribution in [0.25, 0.3) is 28.6 Å². The normalized spacial score (nSPS) is 11.8. The van der Waals surface area contributed by atoms with Gasteiger partial charge in [-0.2, -0.15) is 0 Å². The van der Waals surface area contributed by atoms with E-state index >= 15 is 0 Å². The van der Waals surface area contributed by atoms with Gasteiger partial charge in [0.25, 0.3) is 0 Å². The second-order valence-corrected chi connectivity index (χ2v) is 7.61. The molecule has 4 rings (SSSR count). The molecule has 1 heterocycles. The molecule has 0 radical (unpaired) electrons. The van der Waals surface area contributed by atoms with Crippen molar-refractivity contribution in [2.45, 2.75) is 0 Å². The van der Waals surface area contributed by atoms with Crippen LogP contribution in [0.2, 0.25) is 0 Å². The minimum atomic E-state index is 0.591. The zero-order chi connectivity index (χ0) is 18.6. The molecule has 0 spiro atoms. The molecule has 0 aliphatic carbocycles. The number of aromatic nitrogens is 1. The van der Waals surface area contributed by atoms with Crippen molar-refractivity contribution in [2.75, 3.05) is 0 Å². The predicted molar refractivity (Wildman–Crippen MR) is 118 cm³/mol. The molecule has 4 aromatic rings. The number of hydrogen-bond donors (Lipinski definition) is 0. The fourth-order valence-electron chi connectivity index (χ4n) is 2.64. The molecule has 0 saturated carbocycles. The highest BCUT2D eigenvalue weighted by Gasteiger charge is 2.11. The Morgan fingerprint density at radius 3 is 2.67 bits per heavy atom. The van der Waals surface area contributed by atoms with E-state index in [4.69, 9.17) is 4.42 Å². The molecule has 1 aromatic heterocycles. The van der Waals surface area contributed by atoms with Gasteiger partial charge in [0.2, 0.25) is 5.89 Å². The first-order valence-electron chi connectivity index (χ1n) is 8.31. The molecule has 132 valence electrons. The fourth-order valence-corrected chi connectivity index (χ4v) is 3.51. The van der Waals surface area contributed by atoms with Crippen LogP contribution >= 0.6 is 31.9 Å². The zero-order valence-corrected chi connectivity index (χ0v) is 17.3. The lowest BCUT2D eigenvalue weighted by atomic mass is 10.2. The summed E-state index contributed by atoms with van der Waals surface area (Å²) in [6, 6.07) is 21.7. The largest absolute Gasteiger partial charge is 0.436 e. The van der Waals surface area contributed by atoms with Crippen LogP contribution in [0, 0.1) is 0 Å². The number of rotatable bonds is 4. The van der Waals surface area contributed by atoms with Crippen molar-refractivity contribution in [3.8, 4) is 11.5 Å². The third-order valence-electron chi connectivity index (χ3n) is 3.92. The summed E-state index contributed by atoms with van der Waals surface area (Å²) in [4.78, 5) is 9.08. The lowest BCUT2D eigenvalue weighted by Crippen LogP contribution is -1.78. The molecule has 0 bridgehead atoms. The van der Waals surface area contributed by atoms with Crippen molar-refractivity contribution >= 4 is 60.9 Å². The Bertz CT molecular complexity index is 1160. The van der Waals surface area contributed by atoms with Crippen LogP contribution in [0.1, 0.15) is 5.56 Å². The molecule has 27 heavy (non-hydrogen) atoms. The van der Waals surface area contributed by atoms with Crippen molar-refractivity contribution in [3.05, 3.63) is 87.3 Å². The van der Waals surface area contributed by atoms with Gasteiger partial charge < -0.3 is 4.42 Å². The number of oxazole rings is 1. The smallest absolute Gasteiger partial charge is 0.228 e. The summed E-state index contributed by atoms with van der Waals surface area (Å²) in [7, 11) is 0. The van der Waals surface area contributed by atoms with Gasteiger partial charge in [-0.3, -0.25) is 4.99 Å². The first kappa shape index (κ1) is 17.9. The number of allylic oxidation sites excluding steroid dienone is 1. The minimum absolute atomic E-state index is 0.591. The monoisotopic (exact) mass is 480 g/mol. The van der Waals surface area contributed by atoms with E-state index in [1.807, 2.05) is 72.8 Å². The van der Waals surface area contributed by atoms with Crippen LogP contribution in [0.5, 0.6) is 0 Å². The summed E-state index contributed by atoms with van der Waals surface area (Å²) in [5, 5.41) is 0. The summed E-state index contributed by atoms with van der Waals surface area (Å²) in [6.07, 6.45) is 5.70. The second kappa shape index (κ2) is 8.03. The van der Waals surface area contributed by atoms with Gasteiger partial charge in [-0.05, 0) is 70.0 Å². The SMILES string of the molecule is Brc1cccc(/C=C/C=Nc2ccc3oc(-c4ccccc4Br)nc3c2)c1. The maximum Gasteiger partial charge on any atom is 0.228 e. The Morgan fingerprint density at radius 1 is 0.926 bits per heavy atom. The highest BCUT2D eigenvalue weighted by molar-refractivity contribution is 9.10. The Kier molecular flexibility index (Phi) is 5.32. The Balaban J connectivity index is 1.56. The lowest BCUT2D eigenvalue weighted by molar-refractivity contribution is 0.619. The molecule has 0 N–H and O–H groups in total. The molecule has 0 amide bonds. The van der Waals surface area contributed by atoms with Gasteiger partial charge in [0.05, 0.1) is 11.3 Å². The number of benzene rings is 3. The third-order valence-corrected chi connectivity index (χ3v) is 5.11. The molecule has 0 saturated heterocycles. The topological polar surface area (TPSA) is 38.4 Å². The maximum absolute atomic E-state index is 5.87. The lowest BCUT2D eigenvalue weighted by Gasteiger charge is -1.97. The molecule has 0 atom stereocenters. The van der Waals surface area contributed by atoms with Gasteiger partial charge in [0, 0.05) is 15.2 Å². The summed E-state index contributed by atoms with van der Waals surface area (Å²) in [5.74, 6) is 0.591. The summed E-state index contributed by atoms with van der Waals surface area (Å²) >= 11 is 7.00. The maximum atomic E-state index is 5.87. The first-order valence-corrected chi connectivity index (χ1v) is 9.89. The predicted octanol–water partition coefficient (Wildman–Crippen LogP) is 7.44. The number of fused-ring (bicyclic) bond motifs is 1. The first-order chi connectivity index (χ1) is 13.2. The number of nitrogens with zero attached hydrogens (tertiary/aromatic N) is 2. The number of hydrogen-bond acceptors (Lipinski definition) is 3. The highest BCUT2D eigenvalue weighted by Crippen LogP contribution is 2.31. The van der Waals surface area contributed by atoms with Crippen LogP contribution in [-0.2, 0) is 0 Å². The van der Waals surface area contributed by atoms with Crippen molar-refractivity contribution in [1.29, 1.82) is 0 Å². The Labute approximate surface area is 173 Å². The van der Waals surface area contributed by atoms with Crippen LogP contribution in [0.4, 0.5) is 5.69 Å². The molecule has 0 unspecified atom stereocenters. The molecule has 0 aliphatic heterocycles. The van der Waals surface area contributed by atoms with E-state index in [2.05, 4.69) is 47.9 Å². The molecular formula is C22H14Br2N2O. The number of aliphatic imine (C=N–C) groups is 1. The van der Waals surface area contributed by atoms with Crippen LogP contribution in [0.3, 0.4) is 0 Å². The van der Waals surface area contributed by atoms with E-state index in [0.717, 1.165) is 36.9 Å². The van der Waals surface area contributed by atoms with Gasteiger partial charge >= 0.3 is 0 Å². The summed E-state index contributed by atoms with van der Waals surface area (Å²) < 4.78 is 7.88. The van der Waals surface area contributed by atoms with E-state index in [-0.39, 0.29) is 0 Å². The van der Waals surface area contributed by atoms with Crippen LogP contribution in [0.15, 0.2) is 91.2 Å². The Morgan fingerprint density at radius 2 is 1.81 bits per heavy atom. The van der Waals surface area contributed by atoms with Gasteiger partial charge in [-0.15, -0.1) is 0 Å². The summed E-state index contributed by atoms with van der Waals surface area (Å²) in [6.45, 7) is 0. The van der Waals surface area contributed by atoms with Crippen molar-refractivity contribution in [3.63, 3.8) is 0 Å². The van der Waals surface area contributed by atoms with E-state index in [1.54, 1.807) is 6.21 Å². The van der Waals surface area contributed by atoms with E-state index in [0.29, 0.717) is 5.89 Å². The van der Waals surface area contributed by atoms with E-state index < -0.39 is 0 Å². The molecule has 3 aromatic carbocycles. The quantitative estimate of drug-likeness (QED) is 0.284. The van der Waals surface area contributed by atoms with Crippen LogP contribution < -0.4 is 0 Å². The van der Waals surface area contributed by atoms with Crippen LogP contribution in [-0.4, -0.2) is 11.2 Å². The highest BCUT2D eigenvalue weighted by atomic mass is 79.9. The van der Waals surface area contributed by atoms with E-state index in [1.165, 1.54) is 0 Å². The molecule has 0 aliphatic rings. The summed E-state index contributed by atoms with van der Waals surface area (Å²) in [5.41, 5.74) is 4.39. The zero-order valence-electron chi connectivity index (χ0n) is 14.1. The van der Waals surface area contributed by atoms with Crippen molar-refractivity contribution < 1.29 is 4.42 Å². The van der Waals surface area contributed by atoms with Gasteiger partial charge in [0.15, 0.2) is 5.58 Å². The number of halogens is 2. The van der Waals surface area contributed by atoms with Gasteiger partial charge in [-0.25, -0.2) is 4.98 Å². The standard InChI is InChI=1S/C22H14Br2N2O/c23-16-7-3-5-15(13-16)6-4-12-25-17-10-11-21-20(14-17)26-22(27-21)18-8-1-2-9-19(18)24/h1-14H/b6-4+,25-12?. The molecule has 0 fully saturated rings. The van der Waals surface area contributed by atoms with Gasteiger partial charge in [0.1, 0.15) is 5.52 Å². The Hall–Kier alpha value is -2.50. The van der Waals surface area contributed by atoms with Gasteiger partial charge in [-0.1, -0.05) is 46.3 Å². The molecular weight excluding hydrogens is 468 g/mol. The average Bonchev–Trinajstić information content (AvgIpc) is 3.09. The molecule has 5 heteroatoms. The molecule has 3 nitrogen and oxygen atoms in total. The second-order valence-electron chi connectivity index (χ2n) is 5.84. The third kappa shape index (κ3) is 4.26. The average molecular weight is 482 g/mol. The van der Waals surface area contributed by atoms with Crippen molar-refractivity contribution in [1.82, 2.24) is 4.98 Å². The fraction of sp³-hybridized carbons (Fsp3) is 0.